The van der Waals surface area contributed by atoms with Crippen molar-refractivity contribution in [1.82, 2.24) is 10.2 Å². The molecular weight excluding hydrogens is 369 g/mol. The molecule has 0 bridgehead atoms. The van der Waals surface area contributed by atoms with E-state index in [9.17, 15) is 18.0 Å². The Morgan fingerprint density at radius 1 is 1.31 bits per heavy atom. The summed E-state index contributed by atoms with van der Waals surface area (Å²) >= 11 is 0. The van der Waals surface area contributed by atoms with Gasteiger partial charge in [0, 0.05) is 31.2 Å². The number of aryl methyl sites for hydroxylation is 1. The molecule has 1 aliphatic heterocycles. The van der Waals surface area contributed by atoms with Crippen molar-refractivity contribution >= 4 is 18.3 Å². The van der Waals surface area contributed by atoms with Crippen molar-refractivity contribution < 1.29 is 23.1 Å². The summed E-state index contributed by atoms with van der Waals surface area (Å²) in [6.07, 6.45) is -2.20. The zero-order valence-corrected chi connectivity index (χ0v) is 15.4. The van der Waals surface area contributed by atoms with Crippen LogP contribution in [0.3, 0.4) is 0 Å². The zero-order valence-electron chi connectivity index (χ0n) is 14.6. The Labute approximate surface area is 157 Å². The number of aliphatic hydroxyl groups is 1. The molecule has 146 valence electrons. The van der Waals surface area contributed by atoms with Gasteiger partial charge in [-0.15, -0.1) is 12.4 Å². The Hall–Kier alpha value is -1.31. The van der Waals surface area contributed by atoms with Gasteiger partial charge in [-0.3, -0.25) is 9.69 Å². The van der Waals surface area contributed by atoms with Crippen LogP contribution in [0, 0.1) is 18.8 Å². The molecule has 26 heavy (non-hydrogen) atoms. The van der Waals surface area contributed by atoms with Gasteiger partial charge in [-0.25, -0.2) is 0 Å². The predicted molar refractivity (Wildman–Crippen MR) is 94.4 cm³/mol. The number of aliphatic hydroxyl groups excluding tert-OH is 1. The third-order valence-corrected chi connectivity index (χ3v) is 5.21. The molecule has 0 radical (unpaired) electrons. The van der Waals surface area contributed by atoms with Crippen LogP contribution in [0.15, 0.2) is 18.2 Å². The van der Waals surface area contributed by atoms with Crippen LogP contribution in [0.1, 0.15) is 34.3 Å². The van der Waals surface area contributed by atoms with Crippen LogP contribution in [-0.4, -0.2) is 48.2 Å². The summed E-state index contributed by atoms with van der Waals surface area (Å²) in [6, 6.07) is 3.18. The molecule has 3 rings (SSSR count). The summed E-state index contributed by atoms with van der Waals surface area (Å²) in [4.78, 5) is 14.7. The molecule has 1 heterocycles. The van der Waals surface area contributed by atoms with E-state index in [1.165, 1.54) is 6.07 Å². The highest BCUT2D eigenvalue weighted by Gasteiger charge is 2.43. The first-order valence-electron chi connectivity index (χ1n) is 8.61. The van der Waals surface area contributed by atoms with Gasteiger partial charge in [0.15, 0.2) is 0 Å². The molecule has 1 aromatic carbocycles. The molecule has 1 aromatic rings. The number of benzene rings is 1. The lowest BCUT2D eigenvalue weighted by Gasteiger charge is -2.20. The predicted octanol–water partition coefficient (Wildman–Crippen LogP) is 2.87. The van der Waals surface area contributed by atoms with Gasteiger partial charge in [0.1, 0.15) is 0 Å². The van der Waals surface area contributed by atoms with Crippen LogP contribution in [0.4, 0.5) is 13.2 Å². The van der Waals surface area contributed by atoms with Crippen molar-refractivity contribution in [3.63, 3.8) is 0 Å². The summed E-state index contributed by atoms with van der Waals surface area (Å²) in [6.45, 7) is 3.70. The molecule has 1 saturated heterocycles. The fraction of sp³-hybridized carbons (Fsp3) is 0.611. The SMILES string of the molecule is Cc1ccc(C(F)(F)F)cc1C(=O)N[C@H]1CN(CCO)C[C@@H]1C1CC1.Cl. The maximum atomic E-state index is 12.9. The summed E-state index contributed by atoms with van der Waals surface area (Å²) < 4.78 is 38.8. The second kappa shape index (κ2) is 8.15. The minimum absolute atomic E-state index is 0. The average molecular weight is 393 g/mol. The highest BCUT2D eigenvalue weighted by molar-refractivity contribution is 5.96. The van der Waals surface area contributed by atoms with Gasteiger partial charge < -0.3 is 10.4 Å². The molecule has 1 aliphatic carbocycles. The summed E-state index contributed by atoms with van der Waals surface area (Å²) in [5.74, 6) is 0.420. The Kier molecular flexibility index (Phi) is 6.58. The topological polar surface area (TPSA) is 52.6 Å². The summed E-state index contributed by atoms with van der Waals surface area (Å²) in [5.41, 5.74) is -0.209. The van der Waals surface area contributed by atoms with Crippen molar-refractivity contribution in [2.24, 2.45) is 11.8 Å². The maximum Gasteiger partial charge on any atom is 0.416 e. The van der Waals surface area contributed by atoms with Gasteiger partial charge in [0.2, 0.25) is 0 Å². The molecule has 2 aliphatic rings. The monoisotopic (exact) mass is 392 g/mol. The number of carbonyl (C=O) groups is 1. The fourth-order valence-corrected chi connectivity index (χ4v) is 3.68. The molecule has 8 heteroatoms. The van der Waals surface area contributed by atoms with E-state index in [1.807, 2.05) is 0 Å². The number of nitrogens with one attached hydrogen (secondary N) is 1. The number of alkyl halides is 3. The number of β-amino-alcohol motifs (C(OH)–C–C–N with tert-alkyl or cyclic N) is 1. The van der Waals surface area contributed by atoms with E-state index in [4.69, 9.17) is 5.11 Å². The Morgan fingerprint density at radius 3 is 2.58 bits per heavy atom. The number of rotatable bonds is 5. The minimum Gasteiger partial charge on any atom is -0.395 e. The lowest BCUT2D eigenvalue weighted by molar-refractivity contribution is -0.137. The van der Waals surface area contributed by atoms with Crippen LogP contribution >= 0.6 is 12.4 Å². The van der Waals surface area contributed by atoms with Crippen molar-refractivity contribution in [3.05, 3.63) is 34.9 Å². The highest BCUT2D eigenvalue weighted by atomic mass is 35.5. The Morgan fingerprint density at radius 2 is 2.00 bits per heavy atom. The smallest absolute Gasteiger partial charge is 0.395 e. The first-order chi connectivity index (χ1) is 11.8. The first kappa shape index (κ1) is 21.0. The van der Waals surface area contributed by atoms with Crippen molar-refractivity contribution in [1.29, 1.82) is 0 Å². The number of carbonyl (C=O) groups excluding carboxylic acids is 1. The highest BCUT2D eigenvalue weighted by Crippen LogP contribution is 2.41. The number of hydrogen-bond donors (Lipinski definition) is 2. The van der Waals surface area contributed by atoms with Gasteiger partial charge >= 0.3 is 6.18 Å². The molecule has 2 fully saturated rings. The number of hydrogen-bond acceptors (Lipinski definition) is 3. The molecule has 1 amide bonds. The third-order valence-electron chi connectivity index (χ3n) is 5.21. The number of halogens is 4. The van der Waals surface area contributed by atoms with Gasteiger partial charge in [-0.2, -0.15) is 13.2 Å². The first-order valence-corrected chi connectivity index (χ1v) is 8.61. The van der Waals surface area contributed by atoms with Crippen LogP contribution in [0.5, 0.6) is 0 Å². The second-order valence-corrected chi connectivity index (χ2v) is 7.09. The maximum absolute atomic E-state index is 12.9. The van der Waals surface area contributed by atoms with E-state index in [1.54, 1.807) is 6.92 Å². The van der Waals surface area contributed by atoms with Crippen LogP contribution in [0.2, 0.25) is 0 Å². The van der Waals surface area contributed by atoms with Gasteiger partial charge in [-0.1, -0.05) is 6.07 Å². The summed E-state index contributed by atoms with van der Waals surface area (Å²) in [7, 11) is 0. The number of nitrogens with zero attached hydrogens (tertiary/aromatic N) is 1. The summed E-state index contributed by atoms with van der Waals surface area (Å²) in [5, 5.41) is 12.1. The lowest BCUT2D eigenvalue weighted by Crippen LogP contribution is -2.41. The largest absolute Gasteiger partial charge is 0.416 e. The normalized spacial score (nSPS) is 23.6. The van der Waals surface area contributed by atoms with Crippen molar-refractivity contribution in [3.8, 4) is 0 Å². The third kappa shape index (κ3) is 4.69. The van der Waals surface area contributed by atoms with Gasteiger partial charge in [0.05, 0.1) is 12.2 Å². The van der Waals surface area contributed by atoms with Crippen molar-refractivity contribution in [2.45, 2.75) is 32.0 Å². The van der Waals surface area contributed by atoms with E-state index >= 15 is 0 Å². The Balaban J connectivity index is 0.00000243. The Bertz CT molecular complexity index is 650. The molecule has 0 aromatic heterocycles. The van der Waals surface area contributed by atoms with Crippen molar-refractivity contribution in [2.75, 3.05) is 26.2 Å². The van der Waals surface area contributed by atoms with Crippen LogP contribution in [0.25, 0.3) is 0 Å². The molecular formula is C18H24ClF3N2O2. The molecule has 2 atom stereocenters. The van der Waals surface area contributed by atoms with E-state index in [0.717, 1.165) is 31.5 Å². The average Bonchev–Trinajstić information content (AvgIpc) is 3.30. The molecule has 0 unspecified atom stereocenters. The zero-order chi connectivity index (χ0) is 18.2. The quantitative estimate of drug-likeness (QED) is 0.810. The molecule has 0 spiro atoms. The number of amides is 1. The lowest BCUT2D eigenvalue weighted by atomic mass is 9.97. The molecule has 1 saturated carbocycles. The van der Waals surface area contributed by atoms with E-state index in [0.29, 0.717) is 30.5 Å². The van der Waals surface area contributed by atoms with E-state index in [-0.39, 0.29) is 30.6 Å². The molecule has 2 N–H and O–H groups in total. The van der Waals surface area contributed by atoms with Crippen LogP contribution < -0.4 is 5.32 Å². The number of likely N-dealkylation sites (tertiary alicyclic amines) is 1. The molecule has 4 nitrogen and oxygen atoms in total. The van der Waals surface area contributed by atoms with E-state index in [2.05, 4.69) is 10.2 Å². The fourth-order valence-electron chi connectivity index (χ4n) is 3.68. The van der Waals surface area contributed by atoms with Crippen LogP contribution in [-0.2, 0) is 6.18 Å². The minimum atomic E-state index is -4.47. The van der Waals surface area contributed by atoms with E-state index < -0.39 is 17.6 Å². The standard InChI is InChI=1S/C18H23F3N2O2.ClH/c1-11-2-5-13(18(19,20)21)8-14(11)17(25)22-16-10-23(6-7-24)9-15(16)12-3-4-12;/h2,5,8,12,15-16,24H,3-4,6-7,9-10H2,1H3,(H,22,25);1H/t15-,16+;/m1./s1. The van der Waals surface area contributed by atoms with Gasteiger partial charge in [0.25, 0.3) is 5.91 Å². The second-order valence-electron chi connectivity index (χ2n) is 7.09. The van der Waals surface area contributed by atoms with Gasteiger partial charge in [-0.05, 0) is 49.3 Å².